The highest BCUT2D eigenvalue weighted by atomic mass is 16.3. The van der Waals surface area contributed by atoms with Crippen molar-refractivity contribution in [3.8, 4) is 0 Å². The van der Waals surface area contributed by atoms with Crippen LogP contribution in [0.4, 0.5) is 0 Å². The number of aliphatic hydroxyl groups is 1. The van der Waals surface area contributed by atoms with E-state index in [-0.39, 0.29) is 0 Å². The van der Waals surface area contributed by atoms with Gasteiger partial charge >= 0.3 is 0 Å². The summed E-state index contributed by atoms with van der Waals surface area (Å²) in [5.74, 6) is 0.631. The van der Waals surface area contributed by atoms with Gasteiger partial charge in [-0.05, 0) is 44.7 Å². The first kappa shape index (κ1) is 14.5. The molecule has 19 heavy (non-hydrogen) atoms. The fraction of sp³-hybridized carbons (Fsp3) is 0.625. The number of hydrogen-bond acceptors (Lipinski definition) is 3. The van der Waals surface area contributed by atoms with Gasteiger partial charge in [0.25, 0.3) is 0 Å². The number of rotatable bonds is 5. The van der Waals surface area contributed by atoms with Crippen LogP contribution in [0.5, 0.6) is 0 Å². The molecule has 0 radical (unpaired) electrons. The average Bonchev–Trinajstić information content (AvgIpc) is 2.89. The molecule has 1 aromatic carbocycles. The van der Waals surface area contributed by atoms with Gasteiger partial charge in [-0.2, -0.15) is 0 Å². The Hall–Kier alpha value is -0.900. The van der Waals surface area contributed by atoms with Crippen molar-refractivity contribution in [2.24, 2.45) is 5.73 Å². The van der Waals surface area contributed by atoms with Crippen molar-refractivity contribution in [2.45, 2.75) is 44.2 Å². The third-order valence-corrected chi connectivity index (χ3v) is 4.29. The lowest BCUT2D eigenvalue weighted by Gasteiger charge is -2.31. The van der Waals surface area contributed by atoms with E-state index in [4.69, 9.17) is 5.73 Å². The number of nitrogens with zero attached hydrogens (tertiary/aromatic N) is 1. The Balaban J connectivity index is 1.91. The summed E-state index contributed by atoms with van der Waals surface area (Å²) in [7, 11) is 0. The van der Waals surface area contributed by atoms with Crippen molar-refractivity contribution in [2.75, 3.05) is 19.6 Å². The van der Waals surface area contributed by atoms with Gasteiger partial charge in [0.15, 0.2) is 0 Å². The lowest BCUT2D eigenvalue weighted by atomic mass is 9.96. The second kappa shape index (κ2) is 6.04. The van der Waals surface area contributed by atoms with Gasteiger partial charge in [-0.3, -0.25) is 4.90 Å². The van der Waals surface area contributed by atoms with Crippen LogP contribution >= 0.6 is 0 Å². The van der Waals surface area contributed by atoms with Crippen molar-refractivity contribution in [1.82, 2.24) is 4.90 Å². The Kier molecular flexibility index (Phi) is 4.61. The molecule has 1 aliphatic rings. The van der Waals surface area contributed by atoms with Crippen LogP contribution in [0.15, 0.2) is 30.3 Å². The van der Waals surface area contributed by atoms with E-state index in [1.807, 2.05) is 6.92 Å². The van der Waals surface area contributed by atoms with Crippen LogP contribution in [-0.2, 0) is 0 Å². The van der Waals surface area contributed by atoms with Crippen molar-refractivity contribution < 1.29 is 5.11 Å². The summed E-state index contributed by atoms with van der Waals surface area (Å²) >= 11 is 0. The van der Waals surface area contributed by atoms with E-state index >= 15 is 0 Å². The maximum atomic E-state index is 10.1. The Labute approximate surface area is 116 Å². The highest BCUT2D eigenvalue weighted by molar-refractivity contribution is 5.21. The van der Waals surface area contributed by atoms with Crippen molar-refractivity contribution in [3.63, 3.8) is 0 Å². The molecule has 2 rings (SSSR count). The molecule has 3 unspecified atom stereocenters. The number of nitrogens with two attached hydrogens (primary N) is 1. The molecule has 0 bridgehead atoms. The molecule has 3 nitrogen and oxygen atoms in total. The monoisotopic (exact) mass is 262 g/mol. The van der Waals surface area contributed by atoms with Gasteiger partial charge in [0, 0.05) is 19.1 Å². The second-order valence-corrected chi connectivity index (χ2v) is 6.15. The molecule has 3 N–H and O–H groups in total. The molecule has 3 heteroatoms. The molecule has 1 aliphatic heterocycles. The summed E-state index contributed by atoms with van der Waals surface area (Å²) in [4.78, 5) is 2.47. The minimum atomic E-state index is -0.746. The van der Waals surface area contributed by atoms with Crippen LogP contribution in [0.25, 0.3) is 0 Å². The quantitative estimate of drug-likeness (QED) is 0.853. The van der Waals surface area contributed by atoms with E-state index in [0.29, 0.717) is 18.5 Å². The zero-order valence-corrected chi connectivity index (χ0v) is 12.0. The van der Waals surface area contributed by atoms with Crippen LogP contribution in [-0.4, -0.2) is 41.3 Å². The highest BCUT2D eigenvalue weighted by Crippen LogP contribution is 2.29. The predicted octanol–water partition coefficient (Wildman–Crippen LogP) is 1.96. The third kappa shape index (κ3) is 3.78. The molecule has 0 aliphatic carbocycles. The van der Waals surface area contributed by atoms with Gasteiger partial charge in [0.1, 0.15) is 0 Å². The van der Waals surface area contributed by atoms with Crippen LogP contribution in [0.3, 0.4) is 0 Å². The molecule has 1 fully saturated rings. The van der Waals surface area contributed by atoms with E-state index < -0.39 is 5.60 Å². The van der Waals surface area contributed by atoms with Gasteiger partial charge in [0.2, 0.25) is 0 Å². The van der Waals surface area contributed by atoms with Crippen molar-refractivity contribution in [1.29, 1.82) is 0 Å². The second-order valence-electron chi connectivity index (χ2n) is 6.15. The summed E-state index contributed by atoms with van der Waals surface area (Å²) in [5, 5.41) is 10.1. The summed E-state index contributed by atoms with van der Waals surface area (Å²) in [6.07, 6.45) is 1.95. The van der Waals surface area contributed by atoms with E-state index in [1.54, 1.807) is 0 Å². The Morgan fingerprint density at radius 2 is 2.11 bits per heavy atom. The van der Waals surface area contributed by atoms with Gasteiger partial charge in [0.05, 0.1) is 5.60 Å². The minimum Gasteiger partial charge on any atom is -0.389 e. The lowest BCUT2D eigenvalue weighted by molar-refractivity contribution is 0.0329. The van der Waals surface area contributed by atoms with Crippen LogP contribution in [0, 0.1) is 0 Å². The summed E-state index contributed by atoms with van der Waals surface area (Å²) in [5.41, 5.74) is 6.29. The first-order valence-electron chi connectivity index (χ1n) is 7.23. The molecule has 1 saturated heterocycles. The molecular formula is C16H26N2O. The van der Waals surface area contributed by atoms with Crippen LogP contribution < -0.4 is 5.73 Å². The van der Waals surface area contributed by atoms with Crippen molar-refractivity contribution >= 4 is 0 Å². The van der Waals surface area contributed by atoms with Crippen molar-refractivity contribution in [3.05, 3.63) is 35.9 Å². The van der Waals surface area contributed by atoms with E-state index in [1.165, 1.54) is 12.0 Å². The van der Waals surface area contributed by atoms with Gasteiger partial charge < -0.3 is 10.8 Å². The Bertz CT molecular complexity index is 391. The lowest BCUT2D eigenvalue weighted by Crippen LogP contribution is -2.42. The summed E-state index contributed by atoms with van der Waals surface area (Å²) < 4.78 is 0. The Morgan fingerprint density at radius 3 is 2.74 bits per heavy atom. The molecule has 1 aromatic rings. The predicted molar refractivity (Wildman–Crippen MR) is 79.1 cm³/mol. The molecule has 3 atom stereocenters. The molecular weight excluding hydrogens is 236 g/mol. The van der Waals surface area contributed by atoms with E-state index in [2.05, 4.69) is 42.2 Å². The molecule has 0 saturated carbocycles. The fourth-order valence-corrected chi connectivity index (χ4v) is 3.03. The van der Waals surface area contributed by atoms with Crippen LogP contribution in [0.2, 0.25) is 0 Å². The van der Waals surface area contributed by atoms with Gasteiger partial charge in [-0.25, -0.2) is 0 Å². The number of benzene rings is 1. The first-order valence-corrected chi connectivity index (χ1v) is 7.23. The van der Waals surface area contributed by atoms with E-state index in [0.717, 1.165) is 19.5 Å². The molecule has 0 amide bonds. The average molecular weight is 262 g/mol. The van der Waals surface area contributed by atoms with Gasteiger partial charge in [-0.15, -0.1) is 0 Å². The molecule has 0 aromatic heterocycles. The van der Waals surface area contributed by atoms with Gasteiger partial charge in [-0.1, -0.05) is 30.3 Å². The molecule has 106 valence electrons. The third-order valence-electron chi connectivity index (χ3n) is 4.29. The zero-order chi connectivity index (χ0) is 13.9. The largest absolute Gasteiger partial charge is 0.389 e. The highest BCUT2D eigenvalue weighted by Gasteiger charge is 2.30. The van der Waals surface area contributed by atoms with E-state index in [9.17, 15) is 5.11 Å². The standard InChI is InChI=1S/C16H26N2O/c1-13(10-16(2,19)12-17)18-9-8-15(11-18)14-6-4-3-5-7-14/h3-7,13,15,19H,8-12,17H2,1-2H3. The van der Waals surface area contributed by atoms with Crippen LogP contribution in [0.1, 0.15) is 38.2 Å². The number of likely N-dealkylation sites (tertiary alicyclic amines) is 1. The number of hydrogen-bond donors (Lipinski definition) is 2. The summed E-state index contributed by atoms with van der Waals surface area (Å²) in [6.45, 7) is 6.55. The zero-order valence-electron chi connectivity index (χ0n) is 12.0. The molecule has 0 spiro atoms. The maximum absolute atomic E-state index is 10.1. The maximum Gasteiger partial charge on any atom is 0.0756 e. The smallest absolute Gasteiger partial charge is 0.0756 e. The fourth-order valence-electron chi connectivity index (χ4n) is 3.03. The first-order chi connectivity index (χ1) is 9.02. The SMILES string of the molecule is CC(CC(C)(O)CN)N1CCC(c2ccccc2)C1. The Morgan fingerprint density at radius 1 is 1.42 bits per heavy atom. The minimum absolute atomic E-state index is 0.327. The summed E-state index contributed by atoms with van der Waals surface area (Å²) in [6, 6.07) is 11.1. The molecule has 1 heterocycles. The normalized spacial score (nSPS) is 25.2. The topological polar surface area (TPSA) is 49.5 Å².